The Balaban J connectivity index is 0.000000287. The molecular formula is C53H76F2N8O10. The van der Waals surface area contributed by atoms with Gasteiger partial charge in [0, 0.05) is 94.6 Å². The quantitative estimate of drug-likeness (QED) is 0.0690. The van der Waals surface area contributed by atoms with Crippen LogP contribution < -0.4 is 31.3 Å². The molecule has 0 spiro atoms. The minimum absolute atomic E-state index is 0.00546. The summed E-state index contributed by atoms with van der Waals surface area (Å²) in [5.41, 5.74) is 1.67. The highest BCUT2D eigenvalue weighted by Crippen LogP contribution is 2.26. The van der Waals surface area contributed by atoms with Gasteiger partial charge in [-0.1, -0.05) is 12.1 Å². The Labute approximate surface area is 428 Å². The molecule has 7 rings (SSSR count). The van der Waals surface area contributed by atoms with Gasteiger partial charge in [-0.25, -0.2) is 4.39 Å². The van der Waals surface area contributed by atoms with Gasteiger partial charge in [0.25, 0.3) is 5.91 Å². The molecule has 6 amide bonds. The van der Waals surface area contributed by atoms with Crippen LogP contribution in [0.25, 0.3) is 0 Å². The van der Waals surface area contributed by atoms with E-state index in [4.69, 9.17) is 14.2 Å². The second-order valence-electron chi connectivity index (χ2n) is 18.5. The third kappa shape index (κ3) is 23.1. The summed E-state index contributed by atoms with van der Waals surface area (Å²) in [6, 6.07) is 13.3. The second-order valence-corrected chi connectivity index (χ2v) is 18.5. The van der Waals surface area contributed by atoms with Crippen molar-refractivity contribution in [2.75, 3.05) is 58.9 Å². The number of hydrogen-bond acceptors (Lipinski definition) is 12. The van der Waals surface area contributed by atoms with Crippen molar-refractivity contribution in [2.45, 2.75) is 134 Å². The predicted octanol–water partition coefficient (Wildman–Crippen LogP) is 5.58. The van der Waals surface area contributed by atoms with Gasteiger partial charge in [-0.3, -0.25) is 38.7 Å². The number of halogens is 2. The molecule has 2 saturated carbocycles. The zero-order valence-corrected chi connectivity index (χ0v) is 42.8. The molecule has 2 aliphatic carbocycles. The smallest absolute Gasteiger partial charge is 0.253 e. The molecule has 4 heterocycles. The molecule has 4 aliphatic rings. The molecule has 3 atom stereocenters. The maximum Gasteiger partial charge on any atom is 0.253 e. The van der Waals surface area contributed by atoms with Gasteiger partial charge in [0.05, 0.1) is 37.9 Å². The highest BCUT2D eigenvalue weighted by atomic mass is 19.2. The summed E-state index contributed by atoms with van der Waals surface area (Å²) in [6.07, 6.45) is 16.8. The third-order valence-electron chi connectivity index (χ3n) is 12.7. The number of likely N-dealkylation sites (tertiary alicyclic amines) is 1. The molecule has 2 aliphatic heterocycles. The number of methoxy groups -OCH3 is 1. The van der Waals surface area contributed by atoms with Crippen LogP contribution in [0.2, 0.25) is 0 Å². The maximum absolute atomic E-state index is 12.5. The Kier molecular flexibility index (Phi) is 27.3. The number of nitrogens with zero attached hydrogens (tertiary/aromatic N) is 3. The Bertz CT molecular complexity index is 2100. The van der Waals surface area contributed by atoms with E-state index in [1.165, 1.54) is 19.2 Å². The molecule has 73 heavy (non-hydrogen) atoms. The molecule has 402 valence electrons. The van der Waals surface area contributed by atoms with Crippen molar-refractivity contribution in [1.29, 1.82) is 0 Å². The number of ether oxygens (including phenoxy) is 4. The number of carbonyl (C=O) groups is 6. The van der Waals surface area contributed by atoms with E-state index in [1.807, 2.05) is 38.1 Å². The van der Waals surface area contributed by atoms with Crippen molar-refractivity contribution in [3.05, 3.63) is 84.4 Å². The van der Waals surface area contributed by atoms with Crippen molar-refractivity contribution < 1.29 is 56.5 Å². The normalized spacial score (nSPS) is 22.1. The summed E-state index contributed by atoms with van der Waals surface area (Å²) in [6.45, 7) is 6.94. The molecule has 3 unspecified atom stereocenters. The molecule has 0 bridgehead atoms. The highest BCUT2D eigenvalue weighted by molar-refractivity contribution is 5.94. The minimum Gasteiger partial charge on any atom is -0.494 e. The lowest BCUT2D eigenvalue weighted by Gasteiger charge is -2.29. The van der Waals surface area contributed by atoms with Crippen LogP contribution in [0.3, 0.4) is 0 Å². The lowest BCUT2D eigenvalue weighted by atomic mass is 9.85. The molecule has 4 fully saturated rings. The average Bonchev–Trinajstić information content (AvgIpc) is 4.00. The number of aryl methyl sites for hydroxylation is 1. The number of anilines is 1. The van der Waals surface area contributed by atoms with Gasteiger partial charge >= 0.3 is 0 Å². The average molecular weight is 1020 g/mol. The van der Waals surface area contributed by atoms with Crippen molar-refractivity contribution in [2.24, 2.45) is 11.8 Å². The van der Waals surface area contributed by atoms with E-state index in [9.17, 15) is 37.5 Å². The summed E-state index contributed by atoms with van der Waals surface area (Å²) >= 11 is 0. The zero-order valence-electron chi connectivity index (χ0n) is 42.8. The first-order valence-corrected chi connectivity index (χ1v) is 25.5. The summed E-state index contributed by atoms with van der Waals surface area (Å²) in [7, 11) is 3.01. The number of amides is 6. The molecule has 3 aromatic rings. The van der Waals surface area contributed by atoms with Gasteiger partial charge in [0.1, 0.15) is 6.10 Å². The van der Waals surface area contributed by atoms with E-state index >= 15 is 0 Å². The Hall–Kier alpha value is -6.12. The summed E-state index contributed by atoms with van der Waals surface area (Å²) < 4.78 is 46.8. The third-order valence-corrected chi connectivity index (χ3v) is 12.7. The van der Waals surface area contributed by atoms with Crippen LogP contribution in [0, 0.1) is 30.4 Å². The van der Waals surface area contributed by atoms with Crippen molar-refractivity contribution in [3.8, 4) is 5.75 Å². The first-order chi connectivity index (χ1) is 35.3. The molecule has 5 N–H and O–H groups in total. The van der Waals surface area contributed by atoms with Crippen LogP contribution in [0.5, 0.6) is 5.75 Å². The standard InChI is InChI=1S/C29H49N5O7.C12H16N2O2.C7H6F2O.C5H5N/c1-34-19-22(18-27(34)37)29(39)32-15-17-41-25-11-9-24(10-12-25)40-16-2-4-26(36)33-23-7-5-21(6-8-23)28(38)31-14-3-13-30-20-35;1-8-7-10(5-6-13-8)14-12(15)11-4-3-9(2)16-11;1-10-6-4-2-3-5(8)7(6)9;1-2-4-6-5-3-1/h20-25H,2-19H2,1H3,(H,30,35)(H,31,38)(H,32,39)(H,33,36);5-7,9,11H,3-4H2,1-2H3,(H,13,14,15);2-4H,1H3;1-5H. The van der Waals surface area contributed by atoms with E-state index in [0.717, 1.165) is 81.7 Å². The van der Waals surface area contributed by atoms with Crippen molar-refractivity contribution in [1.82, 2.24) is 36.1 Å². The minimum atomic E-state index is -0.940. The van der Waals surface area contributed by atoms with Gasteiger partial charge in [-0.2, -0.15) is 4.39 Å². The number of hydrogen-bond donors (Lipinski definition) is 5. The van der Waals surface area contributed by atoms with Gasteiger partial charge in [0.15, 0.2) is 11.6 Å². The highest BCUT2D eigenvalue weighted by Gasteiger charge is 2.32. The number of nitrogens with one attached hydrogen (secondary N) is 5. The van der Waals surface area contributed by atoms with Crippen LogP contribution in [0.4, 0.5) is 14.5 Å². The fraction of sp³-hybridized carbons (Fsp3) is 0.585. The molecule has 2 aromatic heterocycles. The van der Waals surface area contributed by atoms with E-state index in [-0.39, 0.29) is 84.0 Å². The number of carbonyl (C=O) groups excluding carboxylic acids is 6. The van der Waals surface area contributed by atoms with E-state index in [2.05, 4.69) is 41.3 Å². The fourth-order valence-corrected chi connectivity index (χ4v) is 8.63. The van der Waals surface area contributed by atoms with Gasteiger partial charge in [-0.05, 0) is 127 Å². The number of aromatic nitrogens is 2. The largest absolute Gasteiger partial charge is 0.494 e. The number of pyridine rings is 2. The van der Waals surface area contributed by atoms with Crippen molar-refractivity contribution >= 4 is 41.6 Å². The molecule has 20 heteroatoms. The van der Waals surface area contributed by atoms with Crippen molar-refractivity contribution in [3.63, 3.8) is 0 Å². The van der Waals surface area contributed by atoms with Crippen LogP contribution in [-0.4, -0.2) is 135 Å². The summed E-state index contributed by atoms with van der Waals surface area (Å²) in [5, 5.41) is 14.3. The SMILES string of the molecule is CN1CC(C(=O)NCCOC2CCC(OCCCC(=O)NC3CCC(C(=O)NCCCNC=O)CC3)CC2)CC1=O.COc1cccc(F)c1F.Cc1cc(NC(=O)C2CCC(C)O2)ccn1.c1ccncc1. The van der Waals surface area contributed by atoms with E-state index < -0.39 is 11.6 Å². The monoisotopic (exact) mass is 1020 g/mol. The first kappa shape index (κ1) is 59.4. The molecule has 0 radical (unpaired) electrons. The van der Waals surface area contributed by atoms with E-state index in [1.54, 1.807) is 36.6 Å². The van der Waals surface area contributed by atoms with Crippen LogP contribution in [-0.2, 0) is 43.0 Å². The number of benzene rings is 1. The number of rotatable bonds is 20. The van der Waals surface area contributed by atoms with E-state index in [0.29, 0.717) is 65.1 Å². The van der Waals surface area contributed by atoms with Crippen LogP contribution in [0.1, 0.15) is 103 Å². The lowest BCUT2D eigenvalue weighted by molar-refractivity contribution is -0.128. The predicted molar refractivity (Wildman–Crippen MR) is 270 cm³/mol. The molecule has 2 saturated heterocycles. The zero-order chi connectivity index (χ0) is 52.8. The Morgan fingerprint density at radius 3 is 2.05 bits per heavy atom. The Morgan fingerprint density at radius 1 is 0.795 bits per heavy atom. The van der Waals surface area contributed by atoms with Crippen LogP contribution >= 0.6 is 0 Å². The van der Waals surface area contributed by atoms with Gasteiger partial charge in [0.2, 0.25) is 35.9 Å². The summed E-state index contributed by atoms with van der Waals surface area (Å²) in [5.74, 6) is -2.19. The summed E-state index contributed by atoms with van der Waals surface area (Å²) in [4.78, 5) is 79.9. The van der Waals surface area contributed by atoms with Gasteiger partial charge in [-0.15, -0.1) is 0 Å². The molecule has 18 nitrogen and oxygen atoms in total. The fourth-order valence-electron chi connectivity index (χ4n) is 8.63. The second kappa shape index (κ2) is 33.6. The first-order valence-electron chi connectivity index (χ1n) is 25.5. The lowest BCUT2D eigenvalue weighted by Crippen LogP contribution is -2.41. The van der Waals surface area contributed by atoms with Gasteiger partial charge < -0.3 is 50.4 Å². The maximum atomic E-state index is 12.5. The molecular weight excluding hydrogens is 947 g/mol. The molecule has 1 aromatic carbocycles. The Morgan fingerprint density at radius 2 is 1.48 bits per heavy atom. The topological polar surface area (TPSA) is 229 Å². The van der Waals surface area contributed by atoms with Crippen LogP contribution in [0.15, 0.2) is 67.1 Å².